The molecule has 4 amide bonds. The summed E-state index contributed by atoms with van der Waals surface area (Å²) in [5, 5.41) is 17.8. The Morgan fingerprint density at radius 1 is 0.818 bits per heavy atom. The number of amides is 4. The molecular formula is C12H12N2O8. The van der Waals surface area contributed by atoms with Crippen molar-refractivity contribution in [2.24, 2.45) is 11.8 Å². The first-order valence-corrected chi connectivity index (χ1v) is 6.40. The van der Waals surface area contributed by atoms with Gasteiger partial charge in [-0.2, -0.15) is 10.1 Å². The monoisotopic (exact) mass is 312 g/mol. The lowest BCUT2D eigenvalue weighted by molar-refractivity contribution is -0.173. The summed E-state index contributed by atoms with van der Waals surface area (Å²) in [5.74, 6) is -7.97. The van der Waals surface area contributed by atoms with Gasteiger partial charge in [0.25, 0.3) is 23.6 Å². The van der Waals surface area contributed by atoms with E-state index in [-0.39, 0.29) is 10.1 Å². The second kappa shape index (κ2) is 5.73. The van der Waals surface area contributed by atoms with Gasteiger partial charge in [-0.15, -0.1) is 0 Å². The van der Waals surface area contributed by atoms with Crippen LogP contribution in [-0.4, -0.2) is 55.7 Å². The van der Waals surface area contributed by atoms with E-state index in [9.17, 15) is 28.8 Å². The Hall–Kier alpha value is -2.46. The first-order chi connectivity index (χ1) is 10.2. The van der Waals surface area contributed by atoms with Gasteiger partial charge in [-0.1, -0.05) is 0 Å². The highest BCUT2D eigenvalue weighted by Gasteiger charge is 2.44. The van der Waals surface area contributed by atoms with Crippen LogP contribution in [0.2, 0.25) is 0 Å². The molecule has 2 aliphatic heterocycles. The van der Waals surface area contributed by atoms with Gasteiger partial charge in [0, 0.05) is 25.7 Å². The lowest BCUT2D eigenvalue weighted by Gasteiger charge is -2.08. The molecule has 2 aliphatic rings. The molecule has 22 heavy (non-hydrogen) atoms. The van der Waals surface area contributed by atoms with Gasteiger partial charge in [-0.3, -0.25) is 39.2 Å². The van der Waals surface area contributed by atoms with E-state index in [1.807, 2.05) is 0 Å². The molecule has 0 aromatic rings. The SMILES string of the molecule is O=C(CCC(=O)C1CC(=O)N(O)C1=O)C1CC(=O)N(O)C1=O. The van der Waals surface area contributed by atoms with Crippen molar-refractivity contribution in [2.75, 3.05) is 0 Å². The van der Waals surface area contributed by atoms with E-state index in [2.05, 4.69) is 0 Å². The van der Waals surface area contributed by atoms with Gasteiger partial charge in [-0.05, 0) is 0 Å². The fourth-order valence-electron chi connectivity index (χ4n) is 2.34. The van der Waals surface area contributed by atoms with Gasteiger partial charge in [0.1, 0.15) is 23.4 Å². The molecule has 2 fully saturated rings. The van der Waals surface area contributed by atoms with Crippen molar-refractivity contribution >= 4 is 35.2 Å². The fourth-order valence-corrected chi connectivity index (χ4v) is 2.34. The zero-order valence-electron chi connectivity index (χ0n) is 11.2. The van der Waals surface area contributed by atoms with E-state index in [0.29, 0.717) is 0 Å². The maximum atomic E-state index is 11.8. The number of rotatable bonds is 5. The zero-order chi connectivity index (χ0) is 16.6. The molecule has 2 heterocycles. The molecule has 10 heteroatoms. The first kappa shape index (κ1) is 15.9. The summed E-state index contributed by atoms with van der Waals surface area (Å²) in [6.45, 7) is 0. The number of hydroxylamine groups is 4. The van der Waals surface area contributed by atoms with Gasteiger partial charge in [0.2, 0.25) is 0 Å². The Morgan fingerprint density at radius 2 is 1.14 bits per heavy atom. The van der Waals surface area contributed by atoms with Crippen LogP contribution in [0.3, 0.4) is 0 Å². The minimum atomic E-state index is -1.33. The smallest absolute Gasteiger partial charge is 0.264 e. The highest BCUT2D eigenvalue weighted by Crippen LogP contribution is 2.23. The molecule has 0 saturated carbocycles. The number of ketones is 2. The number of nitrogens with zero attached hydrogens (tertiary/aromatic N) is 2. The minimum absolute atomic E-state index is 0.132. The van der Waals surface area contributed by atoms with Crippen LogP contribution in [0.15, 0.2) is 0 Å². The van der Waals surface area contributed by atoms with Gasteiger partial charge >= 0.3 is 0 Å². The zero-order valence-corrected chi connectivity index (χ0v) is 11.2. The molecule has 0 aliphatic carbocycles. The summed E-state index contributed by atoms with van der Waals surface area (Å²) in [5.41, 5.74) is 0. The molecule has 0 spiro atoms. The van der Waals surface area contributed by atoms with Gasteiger partial charge in [0.05, 0.1) is 0 Å². The Bertz CT molecular complexity index is 546. The molecule has 0 aromatic heterocycles. The summed E-state index contributed by atoms with van der Waals surface area (Å²) < 4.78 is 0. The minimum Gasteiger partial charge on any atom is -0.299 e. The molecule has 2 saturated heterocycles. The van der Waals surface area contributed by atoms with E-state index < -0.39 is 72.7 Å². The van der Waals surface area contributed by atoms with Crippen LogP contribution in [-0.2, 0) is 28.8 Å². The third-order valence-electron chi connectivity index (χ3n) is 3.64. The van der Waals surface area contributed by atoms with Crippen molar-refractivity contribution in [1.82, 2.24) is 10.1 Å². The number of hydrogen-bond acceptors (Lipinski definition) is 8. The molecule has 10 nitrogen and oxygen atoms in total. The lowest BCUT2D eigenvalue weighted by Crippen LogP contribution is -2.31. The highest BCUT2D eigenvalue weighted by atomic mass is 16.5. The Labute approximate surface area is 123 Å². The van der Waals surface area contributed by atoms with Gasteiger partial charge < -0.3 is 0 Å². The van der Waals surface area contributed by atoms with Crippen molar-refractivity contribution in [3.63, 3.8) is 0 Å². The van der Waals surface area contributed by atoms with Crippen molar-refractivity contribution in [2.45, 2.75) is 25.7 Å². The number of carbonyl (C=O) groups excluding carboxylic acids is 6. The van der Waals surface area contributed by atoms with Crippen LogP contribution in [0.5, 0.6) is 0 Å². The predicted molar refractivity (Wildman–Crippen MR) is 62.7 cm³/mol. The van der Waals surface area contributed by atoms with Crippen LogP contribution >= 0.6 is 0 Å². The third-order valence-corrected chi connectivity index (χ3v) is 3.64. The highest BCUT2D eigenvalue weighted by molar-refractivity contribution is 6.15. The summed E-state index contributed by atoms with van der Waals surface area (Å²) in [7, 11) is 0. The quantitative estimate of drug-likeness (QED) is 0.351. The Morgan fingerprint density at radius 3 is 1.36 bits per heavy atom. The predicted octanol–water partition coefficient (Wildman–Crippen LogP) is -1.57. The Balaban J connectivity index is 1.91. The van der Waals surface area contributed by atoms with Gasteiger partial charge in [-0.25, -0.2) is 0 Å². The van der Waals surface area contributed by atoms with Crippen molar-refractivity contribution < 1.29 is 39.2 Å². The van der Waals surface area contributed by atoms with E-state index in [1.165, 1.54) is 0 Å². The first-order valence-electron chi connectivity index (χ1n) is 6.40. The summed E-state index contributed by atoms with van der Waals surface area (Å²) in [4.78, 5) is 68.6. The van der Waals surface area contributed by atoms with Crippen molar-refractivity contribution in [3.05, 3.63) is 0 Å². The lowest BCUT2D eigenvalue weighted by atomic mass is 9.93. The van der Waals surface area contributed by atoms with Crippen LogP contribution in [0.25, 0.3) is 0 Å². The molecule has 2 rings (SSSR count). The summed E-state index contributed by atoms with van der Waals surface area (Å²) in [6.07, 6.45) is -1.74. The van der Waals surface area contributed by atoms with Gasteiger partial charge in [0.15, 0.2) is 0 Å². The molecule has 0 bridgehead atoms. The molecule has 2 unspecified atom stereocenters. The normalized spacial score (nSPS) is 25.4. The van der Waals surface area contributed by atoms with Crippen LogP contribution in [0, 0.1) is 11.8 Å². The maximum Gasteiger partial charge on any atom is 0.264 e. The average molecular weight is 312 g/mol. The number of imide groups is 2. The number of carbonyl (C=O) groups is 6. The number of hydrogen-bond donors (Lipinski definition) is 2. The van der Waals surface area contributed by atoms with Crippen molar-refractivity contribution in [3.8, 4) is 0 Å². The average Bonchev–Trinajstić information content (AvgIpc) is 2.89. The van der Waals surface area contributed by atoms with E-state index >= 15 is 0 Å². The molecule has 2 atom stereocenters. The topological polar surface area (TPSA) is 149 Å². The molecule has 0 aromatic carbocycles. The third kappa shape index (κ3) is 2.65. The van der Waals surface area contributed by atoms with Crippen LogP contribution < -0.4 is 0 Å². The molecule has 118 valence electrons. The van der Waals surface area contributed by atoms with Crippen LogP contribution in [0.4, 0.5) is 0 Å². The molecular weight excluding hydrogens is 300 g/mol. The number of Topliss-reactive ketones (excluding diaryl/α,β-unsaturated/α-hetero) is 2. The maximum absolute atomic E-state index is 11.8. The summed E-state index contributed by atoms with van der Waals surface area (Å²) >= 11 is 0. The fraction of sp³-hybridized carbons (Fsp3) is 0.500. The van der Waals surface area contributed by atoms with Crippen LogP contribution in [0.1, 0.15) is 25.7 Å². The molecule has 0 radical (unpaired) electrons. The van der Waals surface area contributed by atoms with Crippen molar-refractivity contribution in [1.29, 1.82) is 0 Å². The largest absolute Gasteiger partial charge is 0.299 e. The second-order valence-corrected chi connectivity index (χ2v) is 5.03. The molecule has 2 N–H and O–H groups in total. The van der Waals surface area contributed by atoms with E-state index in [4.69, 9.17) is 10.4 Å². The van der Waals surface area contributed by atoms with E-state index in [0.717, 1.165) is 0 Å². The second-order valence-electron chi connectivity index (χ2n) is 5.03. The Kier molecular flexibility index (Phi) is 4.15. The summed E-state index contributed by atoms with van der Waals surface area (Å²) in [6, 6.07) is 0. The standard InChI is InChI=1S/C12H12N2O8/c15-7(5-3-9(17)13(21)11(5)19)1-2-8(16)6-4-10(18)14(22)12(6)20/h5-6,21-22H,1-4H2. The van der Waals surface area contributed by atoms with E-state index in [1.54, 1.807) is 0 Å².